The van der Waals surface area contributed by atoms with E-state index in [1.165, 1.54) is 6.08 Å². The van der Waals surface area contributed by atoms with Crippen molar-refractivity contribution >= 4 is 22.8 Å². The van der Waals surface area contributed by atoms with Gasteiger partial charge in [0, 0.05) is 12.5 Å². The number of anilines is 1. The molecule has 0 bridgehead atoms. The Morgan fingerprint density at radius 1 is 1.11 bits per heavy atom. The molecule has 0 saturated heterocycles. The number of rotatable bonds is 8. The van der Waals surface area contributed by atoms with Gasteiger partial charge < -0.3 is 15.5 Å². The average molecular weight is 530 g/mol. The fourth-order valence-corrected chi connectivity index (χ4v) is 3.95. The van der Waals surface area contributed by atoms with Crippen LogP contribution in [0.15, 0.2) is 35.5 Å². The van der Waals surface area contributed by atoms with Gasteiger partial charge in [0.25, 0.3) is 5.60 Å². The molecular formula is C21H28F6N4O5. The second kappa shape index (κ2) is 11.0. The predicted octanol–water partition coefficient (Wildman–Crippen LogP) is 3.28. The fourth-order valence-electron chi connectivity index (χ4n) is 3.95. The van der Waals surface area contributed by atoms with Crippen LogP contribution in [-0.2, 0) is 0 Å². The number of aliphatic hydroxyl groups is 1. The molecule has 1 fully saturated rings. The maximum Gasteiger partial charge on any atom is 0.426 e. The van der Waals surface area contributed by atoms with Crippen LogP contribution in [0.2, 0.25) is 0 Å². The Balaban J connectivity index is 2.51. The third-order valence-corrected chi connectivity index (χ3v) is 6.30. The Kier molecular flexibility index (Phi) is 9.15. The Morgan fingerprint density at radius 2 is 1.72 bits per heavy atom. The van der Waals surface area contributed by atoms with E-state index in [1.54, 1.807) is 0 Å². The summed E-state index contributed by atoms with van der Waals surface area (Å²) < 4.78 is 80.0. The number of hydrazone groups is 1. The number of nitrogens with zero attached hydrogens (tertiary/aromatic N) is 1. The second-order valence-electron chi connectivity index (χ2n) is 9.32. The Labute approximate surface area is 202 Å². The first-order valence-electron chi connectivity index (χ1n) is 10.9. The van der Waals surface area contributed by atoms with Crippen LogP contribution in [0.25, 0.3) is 0 Å². The normalized spacial score (nSPS) is 21.5. The number of quaternary nitrogens is 2. The molecule has 6 N–H and O–H groups in total. The minimum Gasteiger partial charge on any atom is -0.595 e. The number of allylic oxidation sites excluding steroid dienone is 2. The molecule has 204 valence electrons. The van der Waals surface area contributed by atoms with Crippen molar-refractivity contribution in [3.8, 4) is 0 Å². The lowest BCUT2D eigenvalue weighted by Crippen LogP contribution is -3.00. The highest BCUT2D eigenvalue weighted by Gasteiger charge is 2.70. The monoisotopic (exact) mass is 530 g/mol. The van der Waals surface area contributed by atoms with Gasteiger partial charge in [-0.2, -0.15) is 41.9 Å². The molecule has 3 unspecified atom stereocenters. The van der Waals surface area contributed by atoms with Crippen molar-refractivity contribution in [1.29, 1.82) is 0 Å². The summed E-state index contributed by atoms with van der Waals surface area (Å²) in [5.41, 5.74) is -5.54. The molecule has 1 aliphatic carbocycles. The van der Waals surface area contributed by atoms with E-state index < -0.39 is 51.9 Å². The lowest BCUT2D eigenvalue weighted by Gasteiger charge is -2.37. The highest BCUT2D eigenvalue weighted by Crippen LogP contribution is 2.46. The molecule has 1 aromatic carbocycles. The predicted molar refractivity (Wildman–Crippen MR) is 116 cm³/mol. The number of nitrogens with one attached hydrogen (secondary N) is 3. The summed E-state index contributed by atoms with van der Waals surface area (Å²) >= 11 is 0. The molecule has 1 aromatic rings. The number of alkyl halides is 6. The molecule has 0 aromatic heterocycles. The minimum atomic E-state index is -6.08. The zero-order chi connectivity index (χ0) is 27.5. The van der Waals surface area contributed by atoms with E-state index >= 15 is 0 Å². The third-order valence-electron chi connectivity index (χ3n) is 6.30. The van der Waals surface area contributed by atoms with Crippen molar-refractivity contribution in [2.45, 2.75) is 63.9 Å². The quantitative estimate of drug-likeness (QED) is 0.173. The molecule has 0 heterocycles. The van der Waals surface area contributed by atoms with Gasteiger partial charge in [-0.15, -0.1) is 0 Å². The van der Waals surface area contributed by atoms with Gasteiger partial charge in [0.05, 0.1) is 11.8 Å². The van der Waals surface area contributed by atoms with Gasteiger partial charge in [-0.25, -0.2) is 10.4 Å². The van der Waals surface area contributed by atoms with Gasteiger partial charge in [0.2, 0.25) is 0 Å². The van der Waals surface area contributed by atoms with Gasteiger partial charge in [-0.1, -0.05) is 32.8 Å². The van der Waals surface area contributed by atoms with E-state index in [0.717, 1.165) is 43.5 Å². The van der Waals surface area contributed by atoms with Crippen molar-refractivity contribution < 1.29 is 52.3 Å². The third kappa shape index (κ3) is 6.94. The van der Waals surface area contributed by atoms with Crippen LogP contribution in [0.1, 0.15) is 46.0 Å². The van der Waals surface area contributed by atoms with Crippen LogP contribution in [0, 0.1) is 21.7 Å². The smallest absolute Gasteiger partial charge is 0.426 e. The van der Waals surface area contributed by atoms with E-state index in [4.69, 9.17) is 5.21 Å². The van der Waals surface area contributed by atoms with Crippen molar-refractivity contribution in [2.75, 3.05) is 5.43 Å². The van der Waals surface area contributed by atoms with Crippen LogP contribution >= 0.6 is 0 Å². The molecule has 0 radical (unpaired) electrons. The van der Waals surface area contributed by atoms with Crippen molar-refractivity contribution in [3.63, 3.8) is 0 Å². The van der Waals surface area contributed by atoms with Gasteiger partial charge in [0.15, 0.2) is 11.4 Å². The van der Waals surface area contributed by atoms with Gasteiger partial charge in [-0.3, -0.25) is 5.43 Å². The van der Waals surface area contributed by atoms with Crippen molar-refractivity contribution in [3.05, 3.63) is 40.8 Å². The summed E-state index contributed by atoms with van der Waals surface area (Å²) in [4.78, 5) is 0. The van der Waals surface area contributed by atoms with Gasteiger partial charge in [-0.05, 0) is 36.3 Å². The van der Waals surface area contributed by atoms with Crippen molar-refractivity contribution in [1.82, 2.24) is 0 Å². The Hall–Kier alpha value is -2.27. The topological polar surface area (TPSA) is 140 Å². The standard InChI is InChI=1S/C21H28F6N4O5/c1-18(2)10-4-3-5-13(18)6-7-14(12-19(32,20(22,23)24)21(25,26)27)28-29-16-9-8-15(30(33)34)11-17(16)31(35)36/h6-9,11,13,29-33,35H,3-5,10,12H2,1-2H3/b7-6+,28-14-. The summed E-state index contributed by atoms with van der Waals surface area (Å²) in [6, 6.07) is 2.69. The summed E-state index contributed by atoms with van der Waals surface area (Å²) in [6.45, 7) is 3.84. The van der Waals surface area contributed by atoms with Crippen molar-refractivity contribution in [2.24, 2.45) is 16.4 Å². The van der Waals surface area contributed by atoms with Crippen LogP contribution in [0.4, 0.5) is 43.4 Å². The summed E-state index contributed by atoms with van der Waals surface area (Å²) in [5, 5.41) is 51.1. The van der Waals surface area contributed by atoms with E-state index in [2.05, 4.69) is 10.5 Å². The van der Waals surface area contributed by atoms with Gasteiger partial charge in [0.1, 0.15) is 5.69 Å². The molecule has 2 rings (SSSR count). The first-order chi connectivity index (χ1) is 16.4. The molecule has 1 aliphatic rings. The Morgan fingerprint density at radius 3 is 2.22 bits per heavy atom. The molecule has 0 spiro atoms. The van der Waals surface area contributed by atoms with E-state index in [1.807, 2.05) is 13.8 Å². The SMILES string of the molecule is CC1(C)CCCCC1/C=C/C(CC(O)(C(F)(F)F)C(F)(F)F)=N/Nc1ccc([NH+]([O-])O)cc1[NH+]([O-])O. The van der Waals surface area contributed by atoms with Crippen LogP contribution < -0.4 is 15.9 Å². The van der Waals surface area contributed by atoms with Crippen LogP contribution in [0.3, 0.4) is 0 Å². The zero-order valence-electron chi connectivity index (χ0n) is 19.4. The molecule has 1 saturated carbocycles. The summed E-state index contributed by atoms with van der Waals surface area (Å²) in [5.74, 6) is -0.189. The molecule has 9 nitrogen and oxygen atoms in total. The number of benzene rings is 1. The molecule has 15 heteroatoms. The lowest BCUT2D eigenvalue weighted by molar-refractivity contribution is -0.996. The maximum atomic E-state index is 13.3. The molecule has 3 atom stereocenters. The van der Waals surface area contributed by atoms with Crippen LogP contribution in [-0.4, -0.2) is 39.2 Å². The number of halogens is 6. The minimum absolute atomic E-state index is 0.189. The largest absolute Gasteiger partial charge is 0.595 e. The molecule has 0 amide bonds. The lowest BCUT2D eigenvalue weighted by atomic mass is 9.69. The maximum absolute atomic E-state index is 13.3. The number of hydrogen-bond acceptors (Lipinski definition) is 7. The average Bonchev–Trinajstić information content (AvgIpc) is 2.74. The van der Waals surface area contributed by atoms with E-state index in [9.17, 15) is 47.1 Å². The van der Waals surface area contributed by atoms with Gasteiger partial charge >= 0.3 is 12.4 Å². The number of hydrogen-bond donors (Lipinski definition) is 6. The Bertz CT molecular complexity index is 949. The summed E-state index contributed by atoms with van der Waals surface area (Å²) in [7, 11) is 0. The fraction of sp³-hybridized carbons (Fsp3) is 0.571. The van der Waals surface area contributed by atoms with E-state index in [-0.39, 0.29) is 17.0 Å². The second-order valence-corrected chi connectivity index (χ2v) is 9.32. The summed E-state index contributed by atoms with van der Waals surface area (Å²) in [6.07, 6.45) is -8.59. The molecule has 0 aliphatic heterocycles. The zero-order valence-corrected chi connectivity index (χ0v) is 19.4. The highest BCUT2D eigenvalue weighted by molar-refractivity contribution is 5.96. The first kappa shape index (κ1) is 30.0. The molecule has 36 heavy (non-hydrogen) atoms. The van der Waals surface area contributed by atoms with E-state index in [0.29, 0.717) is 6.42 Å². The first-order valence-corrected chi connectivity index (χ1v) is 10.9. The van der Waals surface area contributed by atoms with Crippen LogP contribution in [0.5, 0.6) is 0 Å². The highest BCUT2D eigenvalue weighted by atomic mass is 19.4. The molecular weight excluding hydrogens is 502 g/mol.